The second-order valence-corrected chi connectivity index (χ2v) is 4.91. The Hall–Kier alpha value is -2.04. The first-order valence-electron chi connectivity index (χ1n) is 6.27. The number of para-hydroxylation sites is 2. The van der Waals surface area contributed by atoms with Gasteiger partial charge in [0.05, 0.1) is 12.1 Å². The zero-order chi connectivity index (χ0) is 14.0. The van der Waals surface area contributed by atoms with Crippen molar-refractivity contribution in [3.05, 3.63) is 34.8 Å². The highest BCUT2D eigenvalue weighted by molar-refractivity contribution is 5.79. The molecule has 1 heterocycles. The van der Waals surface area contributed by atoms with Crippen LogP contribution in [0.25, 0.3) is 11.1 Å². The molecule has 5 nitrogen and oxygen atoms in total. The van der Waals surface area contributed by atoms with Crippen molar-refractivity contribution in [2.75, 3.05) is 6.61 Å². The number of ether oxygens (including phenoxy) is 1. The molecule has 0 bridgehead atoms. The molecule has 1 unspecified atom stereocenters. The number of benzene rings is 1. The summed E-state index contributed by atoms with van der Waals surface area (Å²) >= 11 is 0. The molecule has 0 N–H and O–H groups in total. The Morgan fingerprint density at radius 3 is 2.68 bits per heavy atom. The second-order valence-electron chi connectivity index (χ2n) is 4.91. The van der Waals surface area contributed by atoms with Gasteiger partial charge in [0.2, 0.25) is 0 Å². The molecule has 0 aliphatic carbocycles. The number of oxazole rings is 1. The number of esters is 1. The monoisotopic (exact) mass is 263 g/mol. The zero-order valence-electron chi connectivity index (χ0n) is 11.3. The van der Waals surface area contributed by atoms with Crippen molar-refractivity contribution in [1.29, 1.82) is 0 Å². The molecular weight excluding hydrogens is 246 g/mol. The normalized spacial score (nSPS) is 12.8. The van der Waals surface area contributed by atoms with Crippen LogP contribution in [0.2, 0.25) is 0 Å². The minimum atomic E-state index is -0.699. The third-order valence-corrected chi connectivity index (χ3v) is 2.81. The number of hydrogen-bond acceptors (Lipinski definition) is 4. The lowest BCUT2D eigenvalue weighted by Gasteiger charge is -2.13. The molecule has 19 heavy (non-hydrogen) atoms. The Kier molecular flexibility index (Phi) is 3.74. The molecule has 0 spiro atoms. The fourth-order valence-corrected chi connectivity index (χ4v) is 1.83. The Balaban J connectivity index is 2.31. The van der Waals surface area contributed by atoms with Gasteiger partial charge in [-0.15, -0.1) is 0 Å². The van der Waals surface area contributed by atoms with Crippen LogP contribution in [0.3, 0.4) is 0 Å². The van der Waals surface area contributed by atoms with Crippen molar-refractivity contribution in [2.45, 2.75) is 26.8 Å². The molecule has 0 radical (unpaired) electrons. The van der Waals surface area contributed by atoms with E-state index in [2.05, 4.69) is 0 Å². The number of rotatable bonds is 4. The van der Waals surface area contributed by atoms with Crippen molar-refractivity contribution in [2.24, 2.45) is 5.92 Å². The van der Waals surface area contributed by atoms with E-state index in [1.54, 1.807) is 31.2 Å². The van der Waals surface area contributed by atoms with Gasteiger partial charge in [0.25, 0.3) is 0 Å². The minimum Gasteiger partial charge on any atom is -0.464 e. The molecule has 1 aromatic carbocycles. The van der Waals surface area contributed by atoms with Crippen LogP contribution in [-0.2, 0) is 9.53 Å². The van der Waals surface area contributed by atoms with Gasteiger partial charge in [-0.05, 0) is 25.0 Å². The van der Waals surface area contributed by atoms with E-state index in [-0.39, 0.29) is 5.92 Å². The molecule has 0 fully saturated rings. The summed E-state index contributed by atoms with van der Waals surface area (Å²) in [4.78, 5) is 23.7. The molecule has 2 rings (SSSR count). The van der Waals surface area contributed by atoms with Crippen LogP contribution in [0.15, 0.2) is 33.5 Å². The maximum absolute atomic E-state index is 11.9. The molecule has 0 saturated carbocycles. The van der Waals surface area contributed by atoms with Gasteiger partial charge in [-0.2, -0.15) is 0 Å². The maximum Gasteiger partial charge on any atom is 0.420 e. The van der Waals surface area contributed by atoms with Crippen LogP contribution < -0.4 is 5.76 Å². The fraction of sp³-hybridized carbons (Fsp3) is 0.429. The highest BCUT2D eigenvalue weighted by atomic mass is 16.5. The predicted molar refractivity (Wildman–Crippen MR) is 71.0 cm³/mol. The van der Waals surface area contributed by atoms with Gasteiger partial charge < -0.3 is 9.15 Å². The summed E-state index contributed by atoms with van der Waals surface area (Å²) in [6.45, 7) is 5.88. The summed E-state index contributed by atoms with van der Waals surface area (Å²) in [6.07, 6.45) is 0. The van der Waals surface area contributed by atoms with Gasteiger partial charge in [-0.25, -0.2) is 9.59 Å². The molecule has 1 aromatic heterocycles. The van der Waals surface area contributed by atoms with Crippen LogP contribution >= 0.6 is 0 Å². The molecule has 1 atom stereocenters. The van der Waals surface area contributed by atoms with E-state index in [0.717, 1.165) is 0 Å². The van der Waals surface area contributed by atoms with Gasteiger partial charge in [-0.1, -0.05) is 26.0 Å². The molecular formula is C14H17NO4. The van der Waals surface area contributed by atoms with E-state index < -0.39 is 17.8 Å². The highest BCUT2D eigenvalue weighted by Gasteiger charge is 2.22. The Labute approximate surface area is 110 Å². The van der Waals surface area contributed by atoms with Crippen LogP contribution in [0.1, 0.15) is 26.8 Å². The average molecular weight is 263 g/mol. The quantitative estimate of drug-likeness (QED) is 0.794. The van der Waals surface area contributed by atoms with Crippen molar-refractivity contribution in [1.82, 2.24) is 4.57 Å². The van der Waals surface area contributed by atoms with E-state index in [9.17, 15) is 9.59 Å². The van der Waals surface area contributed by atoms with Crippen LogP contribution in [0.5, 0.6) is 0 Å². The van der Waals surface area contributed by atoms with Crippen molar-refractivity contribution in [3.8, 4) is 0 Å². The minimum absolute atomic E-state index is 0.258. The fourth-order valence-electron chi connectivity index (χ4n) is 1.83. The Bertz CT molecular complexity index is 638. The van der Waals surface area contributed by atoms with Crippen LogP contribution in [0.4, 0.5) is 0 Å². The molecule has 0 saturated heterocycles. The zero-order valence-corrected chi connectivity index (χ0v) is 11.3. The first-order valence-corrected chi connectivity index (χ1v) is 6.27. The number of hydrogen-bond donors (Lipinski definition) is 0. The summed E-state index contributed by atoms with van der Waals surface area (Å²) in [7, 11) is 0. The lowest BCUT2D eigenvalue weighted by molar-refractivity contribution is -0.148. The number of fused-ring (bicyclic) bond motifs is 1. The summed E-state index contributed by atoms with van der Waals surface area (Å²) in [6, 6.07) is 6.30. The summed E-state index contributed by atoms with van der Waals surface area (Å²) in [5.41, 5.74) is 1.07. The number of carbonyl (C=O) groups excluding carboxylic acids is 1. The standard InChI is InChI=1S/C14H17NO4/c1-9(2)8-18-13(16)10(3)15-11-6-4-5-7-12(11)19-14(15)17/h4-7,9-10H,8H2,1-3H3. The summed E-state index contributed by atoms with van der Waals surface area (Å²) < 4.78 is 11.6. The smallest absolute Gasteiger partial charge is 0.420 e. The highest BCUT2D eigenvalue weighted by Crippen LogP contribution is 2.17. The third-order valence-electron chi connectivity index (χ3n) is 2.81. The van der Waals surface area contributed by atoms with Gasteiger partial charge in [0, 0.05) is 0 Å². The SMILES string of the molecule is CC(C)COC(=O)C(C)n1c(=O)oc2ccccc21. The number of nitrogens with zero attached hydrogens (tertiary/aromatic N) is 1. The Morgan fingerprint density at radius 1 is 1.32 bits per heavy atom. The summed E-state index contributed by atoms with van der Waals surface area (Å²) in [5.74, 6) is -0.716. The number of carbonyl (C=O) groups is 1. The van der Waals surface area contributed by atoms with E-state index in [0.29, 0.717) is 17.7 Å². The van der Waals surface area contributed by atoms with E-state index >= 15 is 0 Å². The van der Waals surface area contributed by atoms with E-state index in [4.69, 9.17) is 9.15 Å². The van der Waals surface area contributed by atoms with Gasteiger partial charge in [0.15, 0.2) is 5.58 Å². The van der Waals surface area contributed by atoms with Crippen LogP contribution in [-0.4, -0.2) is 17.1 Å². The third kappa shape index (κ3) is 2.70. The van der Waals surface area contributed by atoms with Gasteiger partial charge in [-0.3, -0.25) is 4.57 Å². The molecule has 102 valence electrons. The Morgan fingerprint density at radius 2 is 2.00 bits per heavy atom. The average Bonchev–Trinajstić information content (AvgIpc) is 2.70. The lowest BCUT2D eigenvalue weighted by atomic mass is 10.2. The van der Waals surface area contributed by atoms with Crippen molar-refractivity contribution >= 4 is 17.1 Å². The molecule has 5 heteroatoms. The molecule has 0 aliphatic heterocycles. The van der Waals surface area contributed by atoms with Gasteiger partial charge in [0.1, 0.15) is 6.04 Å². The van der Waals surface area contributed by atoms with E-state index in [1.807, 2.05) is 13.8 Å². The maximum atomic E-state index is 11.9. The largest absolute Gasteiger partial charge is 0.464 e. The first-order chi connectivity index (χ1) is 9.00. The lowest BCUT2D eigenvalue weighted by Crippen LogP contribution is -2.27. The predicted octanol–water partition coefficient (Wildman–Crippen LogP) is 2.35. The molecule has 2 aromatic rings. The topological polar surface area (TPSA) is 61.4 Å². The van der Waals surface area contributed by atoms with Crippen LogP contribution in [0, 0.1) is 5.92 Å². The molecule has 0 amide bonds. The molecule has 0 aliphatic rings. The second kappa shape index (κ2) is 5.30. The van der Waals surface area contributed by atoms with Crippen molar-refractivity contribution in [3.63, 3.8) is 0 Å². The number of aromatic nitrogens is 1. The van der Waals surface area contributed by atoms with E-state index in [1.165, 1.54) is 4.57 Å². The first kappa shape index (κ1) is 13.4. The van der Waals surface area contributed by atoms with Crippen molar-refractivity contribution < 1.29 is 13.9 Å². The summed E-state index contributed by atoms with van der Waals surface area (Å²) in [5, 5.41) is 0. The van der Waals surface area contributed by atoms with Gasteiger partial charge >= 0.3 is 11.7 Å².